The molecule has 34 heavy (non-hydrogen) atoms. The molecule has 0 bridgehead atoms. The quantitative estimate of drug-likeness (QED) is 0.295. The van der Waals surface area contributed by atoms with Crippen LogP contribution in [0.5, 0.6) is 5.75 Å². The summed E-state index contributed by atoms with van der Waals surface area (Å²) >= 11 is 0. The fraction of sp³-hybridized carbons (Fsp3) is 0.208. The summed E-state index contributed by atoms with van der Waals surface area (Å²) in [6.45, 7) is 1.86. The normalized spacial score (nSPS) is 11.9. The lowest BCUT2D eigenvalue weighted by molar-refractivity contribution is -0.137. The monoisotopic (exact) mass is 470 g/mol. The summed E-state index contributed by atoms with van der Waals surface area (Å²) in [7, 11) is 0. The van der Waals surface area contributed by atoms with Crippen LogP contribution in [0.2, 0.25) is 0 Å². The van der Waals surface area contributed by atoms with Crippen molar-refractivity contribution in [2.45, 2.75) is 25.9 Å². The van der Waals surface area contributed by atoms with Crippen LogP contribution in [-0.2, 0) is 30.7 Å². The highest BCUT2D eigenvalue weighted by atomic mass is 19.4. The zero-order chi connectivity index (χ0) is 23.8. The van der Waals surface area contributed by atoms with E-state index >= 15 is 0 Å². The van der Waals surface area contributed by atoms with Crippen molar-refractivity contribution in [3.8, 4) is 5.75 Å². The summed E-state index contributed by atoms with van der Waals surface area (Å²) < 4.78 is 56.3. The minimum absolute atomic E-state index is 0.214. The van der Waals surface area contributed by atoms with Gasteiger partial charge in [0.05, 0.1) is 31.5 Å². The number of ether oxygens (including phenoxy) is 2. The number of benzene rings is 2. The minimum Gasteiger partial charge on any atom is -0.487 e. The molecule has 4 aromatic rings. The first-order valence-electron chi connectivity index (χ1n) is 10.4. The second-order valence-electron chi connectivity index (χ2n) is 7.28. The lowest BCUT2D eigenvalue weighted by atomic mass is 10.1. The van der Waals surface area contributed by atoms with Crippen molar-refractivity contribution in [3.05, 3.63) is 95.5 Å². The van der Waals surface area contributed by atoms with Crippen LogP contribution in [0, 0.1) is 0 Å². The molecule has 0 N–H and O–H groups in total. The average molecular weight is 470 g/mol. The van der Waals surface area contributed by atoms with Crippen LogP contribution in [0.4, 0.5) is 13.2 Å². The third kappa shape index (κ3) is 6.79. The van der Waals surface area contributed by atoms with Crippen molar-refractivity contribution in [1.29, 1.82) is 0 Å². The van der Waals surface area contributed by atoms with Gasteiger partial charge in [0.1, 0.15) is 24.3 Å². The molecule has 0 spiro atoms. The molecule has 0 atom stereocenters. The molecule has 0 unspecified atom stereocenters. The Morgan fingerprint density at radius 1 is 0.971 bits per heavy atom. The SMILES string of the molecule is FC(F)(F)c1ccc(C=Cc2nc(COc3ccc(COCCn4ccnn4)cc3)co2)cc1. The van der Waals surface area contributed by atoms with Gasteiger partial charge >= 0.3 is 6.18 Å². The van der Waals surface area contributed by atoms with Gasteiger partial charge in [0.2, 0.25) is 5.89 Å². The maximum absolute atomic E-state index is 12.6. The maximum atomic E-state index is 12.6. The van der Waals surface area contributed by atoms with Crippen LogP contribution in [0.15, 0.2) is 71.6 Å². The van der Waals surface area contributed by atoms with Crippen LogP contribution in [0.1, 0.15) is 28.3 Å². The molecule has 4 rings (SSSR count). The Morgan fingerprint density at radius 2 is 1.76 bits per heavy atom. The number of rotatable bonds is 10. The molecule has 10 heteroatoms. The Hall–Kier alpha value is -3.92. The summed E-state index contributed by atoms with van der Waals surface area (Å²) in [5.41, 5.74) is 1.52. The van der Waals surface area contributed by atoms with Crippen molar-refractivity contribution in [1.82, 2.24) is 20.0 Å². The second kappa shape index (κ2) is 10.8. The highest BCUT2D eigenvalue weighted by Crippen LogP contribution is 2.29. The van der Waals surface area contributed by atoms with E-state index in [1.54, 1.807) is 29.2 Å². The van der Waals surface area contributed by atoms with E-state index in [0.717, 1.165) is 17.7 Å². The van der Waals surface area contributed by atoms with E-state index in [9.17, 15) is 13.2 Å². The molecule has 0 aliphatic carbocycles. The number of hydrogen-bond donors (Lipinski definition) is 0. The molecule has 0 saturated heterocycles. The first kappa shape index (κ1) is 23.2. The van der Waals surface area contributed by atoms with Crippen LogP contribution in [0.25, 0.3) is 12.2 Å². The van der Waals surface area contributed by atoms with Gasteiger partial charge in [-0.1, -0.05) is 29.5 Å². The Balaban J connectivity index is 1.21. The number of nitrogens with zero attached hydrogens (tertiary/aromatic N) is 4. The highest BCUT2D eigenvalue weighted by Gasteiger charge is 2.29. The highest BCUT2D eigenvalue weighted by molar-refractivity contribution is 5.66. The Labute approximate surface area is 193 Å². The third-order valence-electron chi connectivity index (χ3n) is 4.74. The van der Waals surface area contributed by atoms with Gasteiger partial charge in [-0.3, -0.25) is 4.68 Å². The lowest BCUT2D eigenvalue weighted by Gasteiger charge is -2.07. The van der Waals surface area contributed by atoms with Gasteiger partial charge in [-0.25, -0.2) is 4.98 Å². The smallest absolute Gasteiger partial charge is 0.416 e. The van der Waals surface area contributed by atoms with Crippen molar-refractivity contribution >= 4 is 12.2 Å². The topological polar surface area (TPSA) is 75.2 Å². The summed E-state index contributed by atoms with van der Waals surface area (Å²) in [5, 5.41) is 7.61. The average Bonchev–Trinajstić information content (AvgIpc) is 3.52. The van der Waals surface area contributed by atoms with Crippen LogP contribution in [0.3, 0.4) is 0 Å². The molecule has 0 aliphatic heterocycles. The lowest BCUT2D eigenvalue weighted by Crippen LogP contribution is -2.06. The van der Waals surface area contributed by atoms with Crippen molar-refractivity contribution in [3.63, 3.8) is 0 Å². The molecule has 176 valence electrons. The number of hydrogen-bond acceptors (Lipinski definition) is 6. The van der Waals surface area contributed by atoms with Crippen LogP contribution >= 0.6 is 0 Å². The molecule has 0 saturated carbocycles. The predicted octanol–water partition coefficient (Wildman–Crippen LogP) is 5.25. The first-order chi connectivity index (χ1) is 16.5. The van der Waals surface area contributed by atoms with Crippen LogP contribution in [-0.4, -0.2) is 26.6 Å². The Morgan fingerprint density at radius 3 is 2.47 bits per heavy atom. The summed E-state index contributed by atoms with van der Waals surface area (Å²) in [5.74, 6) is 1.01. The zero-order valence-electron chi connectivity index (χ0n) is 18.0. The van der Waals surface area contributed by atoms with E-state index in [2.05, 4.69) is 15.3 Å². The summed E-state index contributed by atoms with van der Waals surface area (Å²) in [6.07, 6.45) is 3.74. The Kier molecular flexibility index (Phi) is 7.38. The molecular formula is C24H21F3N4O3. The van der Waals surface area contributed by atoms with Gasteiger partial charge in [0, 0.05) is 12.3 Å². The summed E-state index contributed by atoms with van der Waals surface area (Å²) in [6, 6.07) is 12.4. The zero-order valence-corrected chi connectivity index (χ0v) is 18.0. The van der Waals surface area contributed by atoms with Crippen LogP contribution < -0.4 is 4.74 Å². The third-order valence-corrected chi connectivity index (χ3v) is 4.74. The first-order valence-corrected chi connectivity index (χ1v) is 10.4. The number of alkyl halides is 3. The molecular weight excluding hydrogens is 449 g/mol. The van der Waals surface area contributed by atoms with Gasteiger partial charge in [0.15, 0.2) is 0 Å². The second-order valence-corrected chi connectivity index (χ2v) is 7.28. The summed E-state index contributed by atoms with van der Waals surface area (Å²) in [4.78, 5) is 4.30. The minimum atomic E-state index is -4.35. The number of aromatic nitrogens is 4. The van der Waals surface area contributed by atoms with Crippen molar-refractivity contribution in [2.24, 2.45) is 0 Å². The van der Waals surface area contributed by atoms with Gasteiger partial charge in [-0.15, -0.1) is 5.10 Å². The van der Waals surface area contributed by atoms with E-state index < -0.39 is 11.7 Å². The largest absolute Gasteiger partial charge is 0.487 e. The van der Waals surface area contributed by atoms with Gasteiger partial charge in [0.25, 0.3) is 0 Å². The van der Waals surface area contributed by atoms with E-state index in [0.29, 0.717) is 42.7 Å². The fourth-order valence-corrected chi connectivity index (χ4v) is 2.96. The van der Waals surface area contributed by atoms with E-state index in [1.807, 2.05) is 24.3 Å². The molecule has 2 aromatic carbocycles. The maximum Gasteiger partial charge on any atom is 0.416 e. The fourth-order valence-electron chi connectivity index (χ4n) is 2.96. The molecule has 0 radical (unpaired) electrons. The van der Waals surface area contributed by atoms with Crippen molar-refractivity contribution < 1.29 is 27.1 Å². The molecule has 2 aromatic heterocycles. The predicted molar refractivity (Wildman–Crippen MR) is 117 cm³/mol. The van der Waals surface area contributed by atoms with Gasteiger partial charge in [-0.05, 0) is 41.5 Å². The Bertz CT molecular complexity index is 1190. The molecule has 0 amide bonds. The number of oxazole rings is 1. The van der Waals surface area contributed by atoms with Gasteiger partial charge in [-0.2, -0.15) is 13.2 Å². The standard InChI is InChI=1S/C24H21F3N4O3/c25-24(26,27)20-6-1-18(2-7-20)5-10-23-29-21(17-34-23)16-33-22-8-3-19(4-9-22)15-32-14-13-31-12-11-28-30-31/h1-12,17H,13-16H2. The molecule has 0 fully saturated rings. The molecule has 2 heterocycles. The van der Waals surface area contributed by atoms with E-state index in [4.69, 9.17) is 13.9 Å². The van der Waals surface area contributed by atoms with Gasteiger partial charge < -0.3 is 13.9 Å². The van der Waals surface area contributed by atoms with E-state index in [-0.39, 0.29) is 6.61 Å². The number of halogens is 3. The molecule has 7 nitrogen and oxygen atoms in total. The van der Waals surface area contributed by atoms with E-state index in [1.165, 1.54) is 18.4 Å². The molecule has 0 aliphatic rings. The van der Waals surface area contributed by atoms with Crippen molar-refractivity contribution in [2.75, 3.05) is 6.61 Å².